The summed E-state index contributed by atoms with van der Waals surface area (Å²) in [6.07, 6.45) is 2.32. The van der Waals surface area contributed by atoms with Gasteiger partial charge in [0.05, 0.1) is 12.1 Å². The number of primary amides is 1. The van der Waals surface area contributed by atoms with Crippen LogP contribution in [0.25, 0.3) is 0 Å². The van der Waals surface area contributed by atoms with E-state index in [1.807, 2.05) is 20.8 Å². The molecule has 6 N–H and O–H groups in total. The lowest BCUT2D eigenvalue weighted by molar-refractivity contribution is -0.00830. The van der Waals surface area contributed by atoms with Gasteiger partial charge in [-0.25, -0.2) is 0 Å². The Balaban J connectivity index is 2.38. The van der Waals surface area contributed by atoms with Gasteiger partial charge in [0.1, 0.15) is 11.9 Å². The summed E-state index contributed by atoms with van der Waals surface area (Å²) in [4.78, 5) is 40.4. The molecule has 0 aliphatic carbocycles. The summed E-state index contributed by atoms with van der Waals surface area (Å²) in [5, 5.41) is 34.1. The quantitative estimate of drug-likeness (QED) is 0.205. The molecule has 0 bridgehead atoms. The van der Waals surface area contributed by atoms with E-state index in [1.165, 1.54) is 30.3 Å². The Labute approximate surface area is 231 Å². The van der Waals surface area contributed by atoms with Gasteiger partial charge in [0.25, 0.3) is 11.8 Å². The SMILES string of the molecule is CCCCCC(O)C(O)C(Cc1ccc(O)cc1)NC(=O)c1cc(C(N)=O)cc(C(=O)N(CCC)CCC)c1. The van der Waals surface area contributed by atoms with Gasteiger partial charge in [-0.2, -0.15) is 0 Å². The lowest BCUT2D eigenvalue weighted by atomic mass is 9.94. The third-order valence-corrected chi connectivity index (χ3v) is 6.62. The van der Waals surface area contributed by atoms with Crippen molar-refractivity contribution in [2.24, 2.45) is 5.73 Å². The first-order valence-corrected chi connectivity index (χ1v) is 13.8. The van der Waals surface area contributed by atoms with Gasteiger partial charge in [0, 0.05) is 29.8 Å². The molecule has 9 nitrogen and oxygen atoms in total. The van der Waals surface area contributed by atoms with Crippen LogP contribution in [0.1, 0.15) is 95.9 Å². The van der Waals surface area contributed by atoms with Gasteiger partial charge in [-0.15, -0.1) is 0 Å². The monoisotopic (exact) mass is 541 g/mol. The van der Waals surface area contributed by atoms with Crippen LogP contribution in [0.3, 0.4) is 0 Å². The van der Waals surface area contributed by atoms with Gasteiger partial charge in [-0.05, 0) is 61.6 Å². The topological polar surface area (TPSA) is 153 Å². The minimum atomic E-state index is -1.27. The third-order valence-electron chi connectivity index (χ3n) is 6.62. The Hall–Kier alpha value is -3.43. The van der Waals surface area contributed by atoms with Crippen molar-refractivity contribution in [3.8, 4) is 5.75 Å². The van der Waals surface area contributed by atoms with E-state index in [-0.39, 0.29) is 34.8 Å². The summed E-state index contributed by atoms with van der Waals surface area (Å²) in [6.45, 7) is 7.03. The molecule has 0 aliphatic rings. The molecular formula is C30H43N3O6. The number of carbonyl (C=O) groups excluding carboxylic acids is 3. The number of aliphatic hydroxyl groups excluding tert-OH is 2. The van der Waals surface area contributed by atoms with Crippen molar-refractivity contribution in [2.75, 3.05) is 13.1 Å². The molecular weight excluding hydrogens is 498 g/mol. The molecule has 39 heavy (non-hydrogen) atoms. The second kappa shape index (κ2) is 15.9. The zero-order valence-corrected chi connectivity index (χ0v) is 23.2. The minimum absolute atomic E-state index is 0.0224. The standard InChI is InChI=1S/C30H43N3O6/c1-4-7-8-9-26(35)27(36)25(16-20-10-12-24(34)13-11-20)32-29(38)22-17-21(28(31)37)18-23(19-22)30(39)33(14-5-2)15-6-3/h10-13,17-19,25-27,34-36H,4-9,14-16H2,1-3H3,(H2,31,37)(H,32,38). The number of hydrogen-bond acceptors (Lipinski definition) is 6. The van der Waals surface area contributed by atoms with Gasteiger partial charge in [0.2, 0.25) is 5.91 Å². The van der Waals surface area contributed by atoms with Crippen molar-refractivity contribution in [1.29, 1.82) is 0 Å². The summed E-state index contributed by atoms with van der Waals surface area (Å²) in [5.41, 5.74) is 6.49. The van der Waals surface area contributed by atoms with E-state index in [0.29, 0.717) is 19.5 Å². The van der Waals surface area contributed by atoms with E-state index in [4.69, 9.17) is 5.73 Å². The van der Waals surface area contributed by atoms with Crippen LogP contribution in [0, 0.1) is 0 Å². The zero-order valence-electron chi connectivity index (χ0n) is 23.2. The number of nitrogens with zero attached hydrogens (tertiary/aromatic N) is 1. The maximum Gasteiger partial charge on any atom is 0.253 e. The third kappa shape index (κ3) is 9.67. The van der Waals surface area contributed by atoms with E-state index >= 15 is 0 Å². The maximum absolute atomic E-state index is 13.4. The number of amides is 3. The number of carbonyl (C=O) groups is 3. The number of hydrogen-bond donors (Lipinski definition) is 5. The first kappa shape index (κ1) is 31.8. The van der Waals surface area contributed by atoms with Crippen molar-refractivity contribution in [3.05, 3.63) is 64.7 Å². The molecule has 214 valence electrons. The normalized spacial score (nSPS) is 13.4. The van der Waals surface area contributed by atoms with Crippen LogP contribution in [0.2, 0.25) is 0 Å². The molecule has 0 aliphatic heterocycles. The number of phenolic OH excluding ortho intramolecular Hbond substituents is 1. The van der Waals surface area contributed by atoms with Gasteiger partial charge in [0.15, 0.2) is 0 Å². The first-order chi connectivity index (χ1) is 18.6. The van der Waals surface area contributed by atoms with E-state index in [2.05, 4.69) is 5.32 Å². The molecule has 0 saturated carbocycles. The van der Waals surface area contributed by atoms with Crippen LogP contribution < -0.4 is 11.1 Å². The van der Waals surface area contributed by atoms with E-state index in [0.717, 1.165) is 37.7 Å². The van der Waals surface area contributed by atoms with E-state index in [1.54, 1.807) is 17.0 Å². The van der Waals surface area contributed by atoms with E-state index in [9.17, 15) is 29.7 Å². The van der Waals surface area contributed by atoms with Gasteiger partial charge < -0.3 is 31.3 Å². The van der Waals surface area contributed by atoms with Crippen molar-refractivity contribution >= 4 is 17.7 Å². The number of nitrogens with one attached hydrogen (secondary N) is 1. The number of rotatable bonds is 16. The Morgan fingerprint density at radius 3 is 2.03 bits per heavy atom. The van der Waals surface area contributed by atoms with Crippen molar-refractivity contribution in [2.45, 2.75) is 84.0 Å². The van der Waals surface area contributed by atoms with Crippen molar-refractivity contribution in [3.63, 3.8) is 0 Å². The smallest absolute Gasteiger partial charge is 0.253 e. The van der Waals surface area contributed by atoms with Crippen LogP contribution in [0.4, 0.5) is 0 Å². The molecule has 0 aromatic heterocycles. The average Bonchev–Trinajstić information content (AvgIpc) is 2.92. The highest BCUT2D eigenvalue weighted by atomic mass is 16.3. The number of nitrogens with two attached hydrogens (primary N) is 1. The molecule has 2 aromatic rings. The van der Waals surface area contributed by atoms with Gasteiger partial charge in [-0.3, -0.25) is 14.4 Å². The second-order valence-electron chi connectivity index (χ2n) is 9.96. The molecule has 2 rings (SSSR count). The molecule has 3 atom stereocenters. The maximum atomic E-state index is 13.4. The van der Waals surface area contributed by atoms with Crippen LogP contribution >= 0.6 is 0 Å². The van der Waals surface area contributed by atoms with Crippen LogP contribution in [-0.4, -0.2) is 69.3 Å². The lowest BCUT2D eigenvalue weighted by Crippen LogP contribution is -2.50. The number of aromatic hydroxyl groups is 1. The number of benzene rings is 2. The average molecular weight is 542 g/mol. The first-order valence-electron chi connectivity index (χ1n) is 13.8. The fourth-order valence-electron chi connectivity index (χ4n) is 4.50. The molecule has 9 heteroatoms. The van der Waals surface area contributed by atoms with Crippen LogP contribution in [0.15, 0.2) is 42.5 Å². The van der Waals surface area contributed by atoms with Gasteiger partial charge >= 0.3 is 0 Å². The van der Waals surface area contributed by atoms with Crippen LogP contribution in [-0.2, 0) is 6.42 Å². The highest BCUT2D eigenvalue weighted by Crippen LogP contribution is 2.18. The molecule has 0 spiro atoms. The molecule has 0 radical (unpaired) electrons. The molecule has 0 heterocycles. The fraction of sp³-hybridized carbons (Fsp3) is 0.500. The summed E-state index contributed by atoms with van der Waals surface area (Å²) >= 11 is 0. The summed E-state index contributed by atoms with van der Waals surface area (Å²) in [5.74, 6) is -1.61. The highest BCUT2D eigenvalue weighted by molar-refractivity contribution is 6.04. The van der Waals surface area contributed by atoms with Crippen LogP contribution in [0.5, 0.6) is 5.75 Å². The summed E-state index contributed by atoms with van der Waals surface area (Å²) in [6, 6.07) is 9.60. The Morgan fingerprint density at radius 1 is 0.872 bits per heavy atom. The van der Waals surface area contributed by atoms with Crippen molar-refractivity contribution in [1.82, 2.24) is 10.2 Å². The van der Waals surface area contributed by atoms with E-state index < -0.39 is 30.1 Å². The summed E-state index contributed by atoms with van der Waals surface area (Å²) in [7, 11) is 0. The number of unbranched alkanes of at least 4 members (excludes halogenated alkanes) is 2. The largest absolute Gasteiger partial charge is 0.508 e. The summed E-state index contributed by atoms with van der Waals surface area (Å²) < 4.78 is 0. The zero-order chi connectivity index (χ0) is 28.9. The van der Waals surface area contributed by atoms with Gasteiger partial charge in [-0.1, -0.05) is 52.2 Å². The minimum Gasteiger partial charge on any atom is -0.508 e. The number of phenols is 1. The Morgan fingerprint density at radius 2 is 1.46 bits per heavy atom. The Kier molecular flexibility index (Phi) is 12.9. The molecule has 3 unspecified atom stereocenters. The molecule has 0 fully saturated rings. The predicted octanol–water partition coefficient (Wildman–Crippen LogP) is 3.40. The highest BCUT2D eigenvalue weighted by Gasteiger charge is 2.29. The number of aliphatic hydroxyl groups is 2. The molecule has 2 aromatic carbocycles. The predicted molar refractivity (Wildman–Crippen MR) is 151 cm³/mol. The molecule has 0 saturated heterocycles. The second-order valence-corrected chi connectivity index (χ2v) is 9.96. The van der Waals surface area contributed by atoms with Crippen molar-refractivity contribution < 1.29 is 29.7 Å². The fourth-order valence-corrected chi connectivity index (χ4v) is 4.50. The Bertz CT molecular complexity index is 1080. The molecule has 3 amide bonds. The lowest BCUT2D eigenvalue weighted by Gasteiger charge is -2.28.